The summed E-state index contributed by atoms with van der Waals surface area (Å²) in [6.45, 7) is 2.45. The first-order chi connectivity index (χ1) is 4.80. The Morgan fingerprint density at radius 2 is 1.91 bits per heavy atom. The number of rotatable bonds is 3. The minimum atomic E-state index is -3.34. The molecule has 0 saturated heterocycles. The van der Waals surface area contributed by atoms with Crippen LogP contribution in [0, 0.1) is 5.92 Å². The summed E-state index contributed by atoms with van der Waals surface area (Å²) < 4.78 is 25.4. The number of carboxylic acids is 1. The van der Waals surface area contributed by atoms with Gasteiger partial charge in [0.05, 0.1) is 0 Å². The van der Waals surface area contributed by atoms with Crippen LogP contribution in [0.1, 0.15) is 13.8 Å². The average molecular weight is 167 g/mol. The molecular weight excluding hydrogens is 156 g/mol. The zero-order chi connectivity index (χ0) is 9.23. The Labute approximate surface area is 63.2 Å². The van der Waals surface area contributed by atoms with E-state index in [9.17, 15) is 13.6 Å². The van der Waals surface area contributed by atoms with Crippen molar-refractivity contribution in [2.45, 2.75) is 25.8 Å². The molecule has 0 aliphatic rings. The van der Waals surface area contributed by atoms with E-state index in [1.165, 1.54) is 13.8 Å². The highest BCUT2D eigenvalue weighted by molar-refractivity contribution is 5.74. The molecule has 1 atom stereocenters. The molecule has 0 aromatic rings. The number of alkyl halides is 2. The first kappa shape index (κ1) is 10.3. The third-order valence-electron chi connectivity index (χ3n) is 1.45. The maximum Gasteiger partial charge on any atom is 0.326 e. The van der Waals surface area contributed by atoms with E-state index in [0.29, 0.717) is 0 Å². The van der Waals surface area contributed by atoms with E-state index >= 15 is 0 Å². The third-order valence-corrected chi connectivity index (χ3v) is 1.45. The van der Waals surface area contributed by atoms with Crippen LogP contribution in [0.5, 0.6) is 0 Å². The highest BCUT2D eigenvalue weighted by atomic mass is 19.3. The van der Waals surface area contributed by atoms with Crippen LogP contribution in [-0.4, -0.2) is 23.0 Å². The van der Waals surface area contributed by atoms with Crippen molar-refractivity contribution in [2.75, 3.05) is 0 Å². The molecule has 1 unspecified atom stereocenters. The molecule has 0 radical (unpaired) electrons. The smallest absolute Gasteiger partial charge is 0.326 e. The fourth-order valence-corrected chi connectivity index (χ4v) is 0.524. The fraction of sp³-hybridized carbons (Fsp3) is 0.833. The maximum absolute atomic E-state index is 12.7. The van der Waals surface area contributed by atoms with Crippen LogP contribution < -0.4 is 5.73 Å². The Morgan fingerprint density at radius 1 is 1.55 bits per heavy atom. The number of hydrogen-bond donors (Lipinski definition) is 2. The highest BCUT2D eigenvalue weighted by Crippen LogP contribution is 2.26. The monoisotopic (exact) mass is 167 g/mol. The number of aliphatic carboxylic acids is 1. The predicted octanol–water partition coefficient (Wildman–Crippen LogP) is 0.690. The van der Waals surface area contributed by atoms with Crippen LogP contribution in [0.4, 0.5) is 8.78 Å². The lowest BCUT2D eigenvalue weighted by Gasteiger charge is -2.23. The first-order valence-corrected chi connectivity index (χ1v) is 3.16. The molecule has 11 heavy (non-hydrogen) atoms. The van der Waals surface area contributed by atoms with Crippen LogP contribution in [0.15, 0.2) is 0 Å². The van der Waals surface area contributed by atoms with Crippen molar-refractivity contribution in [2.24, 2.45) is 11.7 Å². The second-order valence-corrected chi connectivity index (χ2v) is 2.65. The Balaban J connectivity index is 4.41. The topological polar surface area (TPSA) is 63.3 Å². The first-order valence-electron chi connectivity index (χ1n) is 3.16. The standard InChI is InChI=1S/C6H11F2NO2/c1-3(2)6(7,8)4(9)5(10)11/h3-4H,9H2,1-2H3,(H,10,11). The van der Waals surface area contributed by atoms with Gasteiger partial charge in [0.1, 0.15) is 0 Å². The molecule has 0 aromatic heterocycles. The lowest BCUT2D eigenvalue weighted by Crippen LogP contribution is -2.50. The van der Waals surface area contributed by atoms with Gasteiger partial charge in [0, 0.05) is 5.92 Å². The number of carbonyl (C=O) groups is 1. The molecule has 0 rings (SSSR count). The van der Waals surface area contributed by atoms with E-state index in [1.54, 1.807) is 0 Å². The van der Waals surface area contributed by atoms with E-state index in [2.05, 4.69) is 0 Å². The summed E-state index contributed by atoms with van der Waals surface area (Å²) in [5, 5.41) is 8.16. The van der Waals surface area contributed by atoms with Gasteiger partial charge in [-0.3, -0.25) is 4.79 Å². The zero-order valence-corrected chi connectivity index (χ0v) is 6.34. The van der Waals surface area contributed by atoms with Crippen LogP contribution in [0.25, 0.3) is 0 Å². The van der Waals surface area contributed by atoms with Crippen molar-refractivity contribution in [1.29, 1.82) is 0 Å². The van der Waals surface area contributed by atoms with Crippen molar-refractivity contribution in [1.82, 2.24) is 0 Å². The van der Waals surface area contributed by atoms with Gasteiger partial charge in [-0.05, 0) is 0 Å². The minimum absolute atomic E-state index is 1.06. The molecule has 0 amide bonds. The Morgan fingerprint density at radius 3 is 2.00 bits per heavy atom. The maximum atomic E-state index is 12.7. The molecule has 66 valence electrons. The highest BCUT2D eigenvalue weighted by Gasteiger charge is 2.44. The van der Waals surface area contributed by atoms with Gasteiger partial charge in [0.2, 0.25) is 0 Å². The normalized spacial score (nSPS) is 15.1. The van der Waals surface area contributed by atoms with Crippen molar-refractivity contribution in [3.63, 3.8) is 0 Å². The van der Waals surface area contributed by atoms with E-state index in [0.717, 1.165) is 0 Å². The van der Waals surface area contributed by atoms with Gasteiger partial charge in [-0.25, -0.2) is 8.78 Å². The molecule has 5 heteroatoms. The lowest BCUT2D eigenvalue weighted by atomic mass is 9.99. The Bertz CT molecular complexity index is 159. The van der Waals surface area contributed by atoms with Gasteiger partial charge in [0.15, 0.2) is 6.04 Å². The van der Waals surface area contributed by atoms with Gasteiger partial charge in [-0.1, -0.05) is 13.8 Å². The van der Waals surface area contributed by atoms with Gasteiger partial charge < -0.3 is 10.8 Å². The minimum Gasteiger partial charge on any atom is -0.480 e. The van der Waals surface area contributed by atoms with E-state index < -0.39 is 23.9 Å². The Kier molecular flexibility index (Phi) is 2.92. The molecular formula is C6H11F2NO2. The zero-order valence-electron chi connectivity index (χ0n) is 6.34. The molecule has 0 bridgehead atoms. The van der Waals surface area contributed by atoms with Crippen LogP contribution in [-0.2, 0) is 4.79 Å². The van der Waals surface area contributed by atoms with Crippen LogP contribution in [0.2, 0.25) is 0 Å². The van der Waals surface area contributed by atoms with E-state index in [1.807, 2.05) is 0 Å². The molecule has 0 aliphatic carbocycles. The number of carboxylic acid groups (broad SMARTS) is 1. The van der Waals surface area contributed by atoms with E-state index in [4.69, 9.17) is 10.8 Å². The summed E-state index contributed by atoms with van der Waals surface area (Å²) in [6.07, 6.45) is 0. The largest absolute Gasteiger partial charge is 0.480 e. The number of nitrogens with two attached hydrogens (primary N) is 1. The second-order valence-electron chi connectivity index (χ2n) is 2.65. The number of hydrogen-bond acceptors (Lipinski definition) is 2. The molecule has 0 aromatic carbocycles. The average Bonchev–Trinajstić information content (AvgIpc) is 1.85. The molecule has 0 aliphatic heterocycles. The Hall–Kier alpha value is -0.710. The molecule has 0 saturated carbocycles. The quantitative estimate of drug-likeness (QED) is 0.650. The van der Waals surface area contributed by atoms with Crippen molar-refractivity contribution in [3.05, 3.63) is 0 Å². The van der Waals surface area contributed by atoms with Gasteiger partial charge in [0.25, 0.3) is 5.92 Å². The summed E-state index contributed by atoms with van der Waals surface area (Å²) in [4.78, 5) is 10.0. The summed E-state index contributed by atoms with van der Waals surface area (Å²) >= 11 is 0. The molecule has 3 nitrogen and oxygen atoms in total. The molecule has 0 spiro atoms. The van der Waals surface area contributed by atoms with E-state index in [-0.39, 0.29) is 0 Å². The summed E-state index contributed by atoms with van der Waals surface area (Å²) in [5.74, 6) is -6.08. The predicted molar refractivity (Wildman–Crippen MR) is 35.4 cm³/mol. The second kappa shape index (κ2) is 3.13. The molecule has 3 N–H and O–H groups in total. The van der Waals surface area contributed by atoms with Crippen molar-refractivity contribution >= 4 is 5.97 Å². The summed E-state index contributed by atoms with van der Waals surface area (Å²) in [5.41, 5.74) is 4.75. The van der Waals surface area contributed by atoms with Gasteiger partial charge in [-0.2, -0.15) is 0 Å². The SMILES string of the molecule is CC(C)C(F)(F)C(N)C(=O)O. The number of halogens is 2. The van der Waals surface area contributed by atoms with Gasteiger partial charge >= 0.3 is 5.97 Å². The van der Waals surface area contributed by atoms with Crippen LogP contribution in [0.3, 0.4) is 0 Å². The molecule has 0 heterocycles. The molecule has 0 fully saturated rings. The van der Waals surface area contributed by atoms with Crippen LogP contribution >= 0.6 is 0 Å². The van der Waals surface area contributed by atoms with Crippen molar-refractivity contribution < 1.29 is 18.7 Å². The van der Waals surface area contributed by atoms with Crippen molar-refractivity contribution in [3.8, 4) is 0 Å². The fourth-order valence-electron chi connectivity index (χ4n) is 0.524. The summed E-state index contributed by atoms with van der Waals surface area (Å²) in [7, 11) is 0. The van der Waals surface area contributed by atoms with Gasteiger partial charge in [-0.15, -0.1) is 0 Å². The third kappa shape index (κ3) is 2.11. The lowest BCUT2D eigenvalue weighted by molar-refractivity contribution is -0.152. The summed E-state index contributed by atoms with van der Waals surface area (Å²) in [6, 6.07) is -2.11.